The van der Waals surface area contributed by atoms with Crippen LogP contribution < -0.4 is 10.9 Å². The Balaban J connectivity index is 1.75. The van der Waals surface area contributed by atoms with Gasteiger partial charge in [0.2, 0.25) is 5.91 Å². The molecule has 0 unspecified atom stereocenters. The minimum atomic E-state index is -0.279. The summed E-state index contributed by atoms with van der Waals surface area (Å²) in [5.74, 6) is -0.279. The predicted octanol–water partition coefficient (Wildman–Crippen LogP) is 1.83. The molecule has 116 valence electrons. The molecule has 1 aliphatic rings. The van der Waals surface area contributed by atoms with Crippen molar-refractivity contribution in [1.82, 2.24) is 14.8 Å². The van der Waals surface area contributed by atoms with E-state index in [0.717, 1.165) is 47.5 Å². The van der Waals surface area contributed by atoms with Crippen molar-refractivity contribution in [2.24, 2.45) is 0 Å². The lowest BCUT2D eigenvalue weighted by Gasteiger charge is -2.15. The van der Waals surface area contributed by atoms with E-state index in [4.69, 9.17) is 0 Å². The molecule has 1 amide bonds. The Morgan fingerprint density at radius 2 is 2.14 bits per heavy atom. The molecule has 0 aliphatic heterocycles. The minimum Gasteiger partial charge on any atom is -0.300 e. The lowest BCUT2D eigenvalue weighted by molar-refractivity contribution is -0.117. The highest BCUT2D eigenvalue weighted by atomic mass is 32.1. The number of rotatable bonds is 3. The van der Waals surface area contributed by atoms with Crippen LogP contribution in [-0.2, 0) is 24.2 Å². The topological polar surface area (TPSA) is 76.9 Å². The Morgan fingerprint density at radius 3 is 2.86 bits per heavy atom. The van der Waals surface area contributed by atoms with Crippen LogP contribution in [0, 0.1) is 13.8 Å². The zero-order chi connectivity index (χ0) is 15.7. The second-order valence-corrected chi connectivity index (χ2v) is 6.73. The Labute approximate surface area is 132 Å². The normalized spacial score (nSPS) is 13.7. The smallest absolute Gasteiger partial charge is 0.267 e. The molecule has 1 N–H and O–H groups in total. The highest BCUT2D eigenvalue weighted by Gasteiger charge is 2.15. The van der Waals surface area contributed by atoms with Gasteiger partial charge in [-0.05, 0) is 45.1 Å². The van der Waals surface area contributed by atoms with E-state index in [0.29, 0.717) is 5.13 Å². The molecule has 7 heteroatoms. The highest BCUT2D eigenvalue weighted by molar-refractivity contribution is 7.15. The number of thiazole rings is 1. The fourth-order valence-electron chi connectivity index (χ4n) is 2.54. The van der Waals surface area contributed by atoms with Crippen LogP contribution >= 0.6 is 11.3 Å². The van der Waals surface area contributed by atoms with Gasteiger partial charge in [0.1, 0.15) is 6.54 Å². The van der Waals surface area contributed by atoms with Crippen molar-refractivity contribution in [2.45, 2.75) is 46.1 Å². The number of hydrogen-bond donors (Lipinski definition) is 1. The van der Waals surface area contributed by atoms with Gasteiger partial charge in [0.25, 0.3) is 5.56 Å². The van der Waals surface area contributed by atoms with Crippen LogP contribution in [0.15, 0.2) is 10.9 Å². The summed E-state index contributed by atoms with van der Waals surface area (Å²) >= 11 is 1.43. The van der Waals surface area contributed by atoms with Gasteiger partial charge in [0.15, 0.2) is 5.13 Å². The van der Waals surface area contributed by atoms with E-state index >= 15 is 0 Å². The molecule has 0 fully saturated rings. The average Bonchev–Trinajstić information content (AvgIpc) is 2.78. The summed E-state index contributed by atoms with van der Waals surface area (Å²) < 4.78 is 1.24. The van der Waals surface area contributed by atoms with Gasteiger partial charge in [-0.2, -0.15) is 5.10 Å². The van der Waals surface area contributed by atoms with Crippen molar-refractivity contribution in [3.05, 3.63) is 38.2 Å². The van der Waals surface area contributed by atoms with E-state index in [1.165, 1.54) is 16.0 Å². The number of nitrogens with zero attached hydrogens (tertiary/aromatic N) is 3. The molecule has 2 heterocycles. The average molecular weight is 318 g/mol. The number of nitrogens with one attached hydrogen (secondary N) is 1. The van der Waals surface area contributed by atoms with Crippen LogP contribution in [0.25, 0.3) is 0 Å². The first kappa shape index (κ1) is 14.9. The van der Waals surface area contributed by atoms with E-state index in [1.54, 1.807) is 6.07 Å². The molecule has 2 aromatic rings. The third-order valence-electron chi connectivity index (χ3n) is 3.84. The van der Waals surface area contributed by atoms with Crippen molar-refractivity contribution in [3.8, 4) is 0 Å². The molecule has 0 bridgehead atoms. The Kier molecular flexibility index (Phi) is 4.06. The number of hydrogen-bond acceptors (Lipinski definition) is 5. The van der Waals surface area contributed by atoms with Gasteiger partial charge in [-0.1, -0.05) is 0 Å². The molecule has 3 rings (SSSR count). The van der Waals surface area contributed by atoms with Crippen LogP contribution in [0.2, 0.25) is 0 Å². The first-order valence-corrected chi connectivity index (χ1v) is 8.18. The van der Waals surface area contributed by atoms with E-state index in [2.05, 4.69) is 15.4 Å². The molecule has 1 aliphatic carbocycles. The van der Waals surface area contributed by atoms with Crippen molar-refractivity contribution in [2.75, 3.05) is 5.32 Å². The molecule has 0 atom stereocenters. The zero-order valence-corrected chi connectivity index (χ0v) is 13.5. The number of carbonyl (C=O) groups excluding carboxylic acids is 1. The molecule has 2 aromatic heterocycles. The monoisotopic (exact) mass is 318 g/mol. The molecule has 0 radical (unpaired) electrons. The number of carbonyl (C=O) groups is 1. The first-order valence-electron chi connectivity index (χ1n) is 7.37. The highest BCUT2D eigenvalue weighted by Crippen LogP contribution is 2.21. The maximum atomic E-state index is 12.1. The van der Waals surface area contributed by atoms with Crippen molar-refractivity contribution in [1.29, 1.82) is 0 Å². The molecule has 0 saturated carbocycles. The van der Waals surface area contributed by atoms with Crippen molar-refractivity contribution < 1.29 is 4.79 Å². The summed E-state index contributed by atoms with van der Waals surface area (Å²) in [4.78, 5) is 29.5. The second kappa shape index (κ2) is 6.00. The van der Waals surface area contributed by atoms with Crippen molar-refractivity contribution in [3.63, 3.8) is 0 Å². The summed E-state index contributed by atoms with van der Waals surface area (Å²) in [5, 5.41) is 7.63. The summed E-state index contributed by atoms with van der Waals surface area (Å²) in [7, 11) is 0. The summed E-state index contributed by atoms with van der Waals surface area (Å²) in [5.41, 5.74) is 2.66. The van der Waals surface area contributed by atoms with E-state index in [-0.39, 0.29) is 18.0 Å². The number of aryl methyl sites for hydroxylation is 4. The van der Waals surface area contributed by atoms with Crippen LogP contribution in [0.4, 0.5) is 5.13 Å². The first-order chi connectivity index (χ1) is 10.5. The lowest BCUT2D eigenvalue weighted by atomic mass is 9.97. The summed E-state index contributed by atoms with van der Waals surface area (Å²) in [6.45, 7) is 3.78. The number of aromatic nitrogens is 3. The Hall–Kier alpha value is -2.02. The largest absolute Gasteiger partial charge is 0.300 e. The van der Waals surface area contributed by atoms with Gasteiger partial charge in [0, 0.05) is 10.9 Å². The fraction of sp³-hybridized carbons (Fsp3) is 0.467. The van der Waals surface area contributed by atoms with Gasteiger partial charge < -0.3 is 5.32 Å². The molecule has 0 aromatic carbocycles. The fourth-order valence-corrected chi connectivity index (χ4v) is 3.37. The van der Waals surface area contributed by atoms with Gasteiger partial charge in [-0.15, -0.1) is 11.3 Å². The van der Waals surface area contributed by atoms with Gasteiger partial charge in [0.05, 0.1) is 11.4 Å². The second-order valence-electron chi connectivity index (χ2n) is 5.53. The third kappa shape index (κ3) is 3.09. The number of amides is 1. The van der Waals surface area contributed by atoms with Crippen LogP contribution in [0.1, 0.15) is 34.7 Å². The van der Waals surface area contributed by atoms with Gasteiger partial charge in [-0.3, -0.25) is 9.59 Å². The summed E-state index contributed by atoms with van der Waals surface area (Å²) in [6, 6.07) is 1.62. The lowest BCUT2D eigenvalue weighted by Crippen LogP contribution is -2.31. The molecule has 6 nitrogen and oxygen atoms in total. The van der Waals surface area contributed by atoms with Gasteiger partial charge in [-0.25, -0.2) is 9.67 Å². The zero-order valence-electron chi connectivity index (χ0n) is 12.7. The Bertz CT molecular complexity index is 759. The molecular weight excluding hydrogens is 300 g/mol. The number of fused-ring (bicyclic) bond motifs is 1. The molecule has 22 heavy (non-hydrogen) atoms. The van der Waals surface area contributed by atoms with Crippen LogP contribution in [0.3, 0.4) is 0 Å². The van der Waals surface area contributed by atoms with Gasteiger partial charge >= 0.3 is 0 Å². The standard InChI is InChI=1S/C15H18N4O2S/c1-9-10(2)22-15(16-9)17-13(20)8-19-14(21)7-11-5-3-4-6-12(11)18-19/h7H,3-6,8H2,1-2H3,(H,16,17,20). The Morgan fingerprint density at radius 1 is 1.36 bits per heavy atom. The van der Waals surface area contributed by atoms with Crippen LogP contribution in [-0.4, -0.2) is 20.7 Å². The predicted molar refractivity (Wildman–Crippen MR) is 85.4 cm³/mol. The van der Waals surface area contributed by atoms with E-state index < -0.39 is 0 Å². The van der Waals surface area contributed by atoms with Crippen molar-refractivity contribution >= 4 is 22.4 Å². The summed E-state index contributed by atoms with van der Waals surface area (Å²) in [6.07, 6.45) is 3.97. The quantitative estimate of drug-likeness (QED) is 0.936. The maximum absolute atomic E-state index is 12.1. The SMILES string of the molecule is Cc1nc(NC(=O)Cn2nc3c(cc2=O)CCCC3)sc1C. The third-order valence-corrected chi connectivity index (χ3v) is 4.83. The molecule has 0 spiro atoms. The maximum Gasteiger partial charge on any atom is 0.267 e. The van der Waals surface area contributed by atoms with Crippen LogP contribution in [0.5, 0.6) is 0 Å². The number of anilines is 1. The van der Waals surface area contributed by atoms with E-state index in [9.17, 15) is 9.59 Å². The molecular formula is C15H18N4O2S. The minimum absolute atomic E-state index is 0.0796. The molecule has 0 saturated heterocycles. The van der Waals surface area contributed by atoms with E-state index in [1.807, 2.05) is 13.8 Å².